The Morgan fingerprint density at radius 1 is 1.33 bits per heavy atom. The minimum Gasteiger partial charge on any atom is -0.480 e. The lowest BCUT2D eigenvalue weighted by molar-refractivity contribution is -0.139. The normalized spacial score (nSPS) is 20.0. The number of aliphatic carboxylic acids is 1. The van der Waals surface area contributed by atoms with Crippen molar-refractivity contribution in [2.24, 2.45) is 11.8 Å². The molecule has 2 atom stereocenters. The maximum Gasteiger partial charge on any atom is 0.326 e. The van der Waals surface area contributed by atoms with E-state index < -0.39 is 18.0 Å². The largest absolute Gasteiger partial charge is 0.480 e. The van der Waals surface area contributed by atoms with E-state index in [1.807, 2.05) is 13.8 Å². The molecule has 7 nitrogen and oxygen atoms in total. The number of amides is 3. The fourth-order valence-corrected chi connectivity index (χ4v) is 2.51. The van der Waals surface area contributed by atoms with Gasteiger partial charge in [-0.25, -0.2) is 9.59 Å². The summed E-state index contributed by atoms with van der Waals surface area (Å²) < 4.78 is 0. The summed E-state index contributed by atoms with van der Waals surface area (Å²) in [4.78, 5) is 36.5. The molecule has 0 radical (unpaired) electrons. The van der Waals surface area contributed by atoms with Crippen LogP contribution in [0.4, 0.5) is 4.79 Å². The molecule has 0 aliphatic carbocycles. The first-order chi connectivity index (χ1) is 9.85. The van der Waals surface area contributed by atoms with Crippen LogP contribution in [0.15, 0.2) is 0 Å². The molecule has 2 unspecified atom stereocenters. The summed E-state index contributed by atoms with van der Waals surface area (Å²) in [5, 5.41) is 14.3. The van der Waals surface area contributed by atoms with Crippen molar-refractivity contribution in [2.45, 2.75) is 39.2 Å². The lowest BCUT2D eigenvalue weighted by Crippen LogP contribution is -2.52. The molecule has 1 aliphatic rings. The molecule has 1 fully saturated rings. The Bertz CT molecular complexity index is 398. The Balaban J connectivity index is 2.60. The highest BCUT2D eigenvalue weighted by Crippen LogP contribution is 2.17. The van der Waals surface area contributed by atoms with E-state index in [2.05, 4.69) is 10.6 Å². The Labute approximate surface area is 125 Å². The van der Waals surface area contributed by atoms with Gasteiger partial charge in [-0.3, -0.25) is 4.79 Å². The van der Waals surface area contributed by atoms with Crippen molar-refractivity contribution in [3.63, 3.8) is 0 Å². The summed E-state index contributed by atoms with van der Waals surface area (Å²) in [5.74, 6) is -1.16. The van der Waals surface area contributed by atoms with Crippen LogP contribution in [0.25, 0.3) is 0 Å². The van der Waals surface area contributed by atoms with Crippen LogP contribution in [0.2, 0.25) is 0 Å². The Morgan fingerprint density at radius 2 is 2.00 bits per heavy atom. The predicted octanol–water partition coefficient (Wildman–Crippen LogP) is 0.653. The highest BCUT2D eigenvalue weighted by atomic mass is 16.4. The fraction of sp³-hybridized carbons (Fsp3) is 0.786. The Hall–Kier alpha value is -1.79. The van der Waals surface area contributed by atoms with Gasteiger partial charge in [-0.1, -0.05) is 13.8 Å². The molecule has 1 rings (SSSR count). The van der Waals surface area contributed by atoms with E-state index in [1.165, 1.54) is 4.90 Å². The molecule has 3 amide bonds. The molecular formula is C14H25N3O4. The van der Waals surface area contributed by atoms with Gasteiger partial charge in [0.2, 0.25) is 5.91 Å². The summed E-state index contributed by atoms with van der Waals surface area (Å²) in [6.45, 7) is 4.70. The topological polar surface area (TPSA) is 98.7 Å². The quantitative estimate of drug-likeness (QED) is 0.694. The number of likely N-dealkylation sites (tertiary alicyclic amines) is 1. The average Bonchev–Trinajstić information content (AvgIpc) is 2.45. The zero-order chi connectivity index (χ0) is 16.0. The smallest absolute Gasteiger partial charge is 0.326 e. The monoisotopic (exact) mass is 299 g/mol. The molecule has 0 aromatic rings. The molecular weight excluding hydrogens is 274 g/mol. The van der Waals surface area contributed by atoms with Crippen molar-refractivity contribution in [1.29, 1.82) is 0 Å². The van der Waals surface area contributed by atoms with Crippen molar-refractivity contribution in [1.82, 2.24) is 15.5 Å². The summed E-state index contributed by atoms with van der Waals surface area (Å²) in [5.41, 5.74) is 0. The lowest BCUT2D eigenvalue weighted by atomic mass is 9.97. The van der Waals surface area contributed by atoms with Crippen molar-refractivity contribution in [3.8, 4) is 0 Å². The van der Waals surface area contributed by atoms with Gasteiger partial charge in [-0.2, -0.15) is 0 Å². The van der Waals surface area contributed by atoms with E-state index in [4.69, 9.17) is 5.11 Å². The molecule has 1 heterocycles. The van der Waals surface area contributed by atoms with Gasteiger partial charge in [0, 0.05) is 20.1 Å². The van der Waals surface area contributed by atoms with Gasteiger partial charge in [0.15, 0.2) is 0 Å². The van der Waals surface area contributed by atoms with Gasteiger partial charge in [0.05, 0.1) is 5.92 Å². The number of carbonyl (C=O) groups excluding carboxylic acids is 2. The third-order valence-corrected chi connectivity index (χ3v) is 3.63. The van der Waals surface area contributed by atoms with Gasteiger partial charge in [-0.15, -0.1) is 0 Å². The molecule has 3 N–H and O–H groups in total. The van der Waals surface area contributed by atoms with Gasteiger partial charge in [0.25, 0.3) is 0 Å². The summed E-state index contributed by atoms with van der Waals surface area (Å²) >= 11 is 0. The fourth-order valence-electron chi connectivity index (χ4n) is 2.51. The first-order valence-corrected chi connectivity index (χ1v) is 7.35. The van der Waals surface area contributed by atoms with Crippen LogP contribution in [0.5, 0.6) is 0 Å². The van der Waals surface area contributed by atoms with E-state index in [1.54, 1.807) is 7.05 Å². The highest BCUT2D eigenvalue weighted by molar-refractivity contribution is 5.84. The van der Waals surface area contributed by atoms with Crippen molar-refractivity contribution < 1.29 is 19.5 Å². The van der Waals surface area contributed by atoms with Crippen molar-refractivity contribution >= 4 is 17.9 Å². The van der Waals surface area contributed by atoms with E-state index in [0.29, 0.717) is 19.5 Å². The van der Waals surface area contributed by atoms with Gasteiger partial charge >= 0.3 is 12.0 Å². The minimum absolute atomic E-state index is 0.0792. The average molecular weight is 299 g/mol. The second-order valence-corrected chi connectivity index (χ2v) is 5.87. The summed E-state index contributed by atoms with van der Waals surface area (Å²) in [6, 6.07) is -1.30. The number of hydrogen-bond donors (Lipinski definition) is 3. The van der Waals surface area contributed by atoms with Crippen LogP contribution in [0.1, 0.15) is 33.1 Å². The van der Waals surface area contributed by atoms with E-state index in [-0.39, 0.29) is 17.7 Å². The molecule has 0 bridgehead atoms. The van der Waals surface area contributed by atoms with Crippen LogP contribution in [0.3, 0.4) is 0 Å². The minimum atomic E-state index is -1.03. The zero-order valence-corrected chi connectivity index (χ0v) is 12.9. The van der Waals surface area contributed by atoms with E-state index >= 15 is 0 Å². The van der Waals surface area contributed by atoms with Crippen LogP contribution in [-0.4, -0.2) is 54.1 Å². The second-order valence-electron chi connectivity index (χ2n) is 5.87. The third kappa shape index (κ3) is 5.24. The predicted molar refractivity (Wildman–Crippen MR) is 77.8 cm³/mol. The lowest BCUT2D eigenvalue weighted by Gasteiger charge is -2.32. The summed E-state index contributed by atoms with van der Waals surface area (Å²) in [6.07, 6.45) is 1.87. The van der Waals surface area contributed by atoms with Crippen molar-refractivity contribution in [2.75, 3.05) is 20.1 Å². The number of nitrogens with zero attached hydrogens (tertiary/aromatic N) is 1. The van der Waals surface area contributed by atoms with E-state index in [9.17, 15) is 14.4 Å². The molecule has 7 heteroatoms. The molecule has 0 spiro atoms. The first-order valence-electron chi connectivity index (χ1n) is 7.35. The number of carboxylic acid groups (broad SMARTS) is 1. The number of carboxylic acids is 1. The number of rotatable bonds is 5. The number of piperidine rings is 1. The molecule has 21 heavy (non-hydrogen) atoms. The van der Waals surface area contributed by atoms with E-state index in [0.717, 1.165) is 12.8 Å². The van der Waals surface area contributed by atoms with Gasteiger partial charge < -0.3 is 20.6 Å². The van der Waals surface area contributed by atoms with Gasteiger partial charge in [0.1, 0.15) is 6.04 Å². The van der Waals surface area contributed by atoms with Crippen molar-refractivity contribution in [3.05, 3.63) is 0 Å². The zero-order valence-electron chi connectivity index (χ0n) is 12.9. The van der Waals surface area contributed by atoms with Gasteiger partial charge in [-0.05, 0) is 25.2 Å². The van der Waals surface area contributed by atoms with Crippen LogP contribution >= 0.6 is 0 Å². The third-order valence-electron chi connectivity index (χ3n) is 3.63. The maximum atomic E-state index is 12.2. The molecule has 120 valence electrons. The number of hydrogen-bond acceptors (Lipinski definition) is 3. The first kappa shape index (κ1) is 17.3. The molecule has 1 aliphatic heterocycles. The van der Waals surface area contributed by atoms with Crippen LogP contribution < -0.4 is 10.6 Å². The Kier molecular flexibility index (Phi) is 6.45. The maximum absolute atomic E-state index is 12.2. The molecule has 0 aromatic heterocycles. The van der Waals surface area contributed by atoms with Crippen LogP contribution in [-0.2, 0) is 9.59 Å². The standard InChI is InChI=1S/C14H25N3O4/c1-9(2)7-11(13(19)20)16-14(21)17-6-4-5-10(8-17)12(18)15-3/h9-11H,4-8H2,1-3H3,(H,15,18)(H,16,21)(H,19,20). The molecule has 1 saturated heterocycles. The second kappa shape index (κ2) is 7.85. The Morgan fingerprint density at radius 3 is 2.52 bits per heavy atom. The summed E-state index contributed by atoms with van der Waals surface area (Å²) in [7, 11) is 1.57. The number of nitrogens with one attached hydrogen (secondary N) is 2. The molecule has 0 aromatic carbocycles. The SMILES string of the molecule is CNC(=O)C1CCCN(C(=O)NC(CC(C)C)C(=O)O)C1. The number of urea groups is 1. The number of carbonyl (C=O) groups is 3. The highest BCUT2D eigenvalue weighted by Gasteiger charge is 2.30. The molecule has 0 saturated carbocycles. The van der Waals surface area contributed by atoms with Crippen LogP contribution in [0, 0.1) is 11.8 Å².